The SMILES string of the molecule is O=C1c2ccccc2C(=O)N1CSc1nnc(CN2CCCCC2)n1-c1ccc(F)cc1. The van der Waals surface area contributed by atoms with Crippen molar-refractivity contribution < 1.29 is 14.0 Å². The van der Waals surface area contributed by atoms with Crippen molar-refractivity contribution in [3.8, 4) is 5.69 Å². The summed E-state index contributed by atoms with van der Waals surface area (Å²) in [4.78, 5) is 28.9. The number of hydrogen-bond acceptors (Lipinski definition) is 6. The Balaban J connectivity index is 1.40. The topological polar surface area (TPSA) is 71.3 Å². The Morgan fingerprint density at radius 3 is 2.19 bits per heavy atom. The lowest BCUT2D eigenvalue weighted by molar-refractivity contribution is 0.0684. The van der Waals surface area contributed by atoms with E-state index in [0.717, 1.165) is 37.4 Å². The monoisotopic (exact) mass is 451 g/mol. The van der Waals surface area contributed by atoms with Crippen LogP contribution in [0, 0.1) is 5.82 Å². The lowest BCUT2D eigenvalue weighted by Crippen LogP contribution is -2.30. The summed E-state index contributed by atoms with van der Waals surface area (Å²) in [6, 6.07) is 13.0. The molecule has 0 saturated carbocycles. The maximum atomic E-state index is 13.5. The number of imide groups is 1. The summed E-state index contributed by atoms with van der Waals surface area (Å²) in [5, 5.41) is 9.30. The normalized spacial score (nSPS) is 16.6. The molecule has 164 valence electrons. The van der Waals surface area contributed by atoms with Gasteiger partial charge in [-0.05, 0) is 62.3 Å². The van der Waals surface area contributed by atoms with Gasteiger partial charge in [0.1, 0.15) is 5.82 Å². The van der Waals surface area contributed by atoms with E-state index in [1.165, 1.54) is 35.2 Å². The zero-order chi connectivity index (χ0) is 22.1. The van der Waals surface area contributed by atoms with Gasteiger partial charge in [-0.1, -0.05) is 30.3 Å². The minimum absolute atomic E-state index is 0.120. The molecule has 3 heterocycles. The van der Waals surface area contributed by atoms with Gasteiger partial charge >= 0.3 is 0 Å². The average molecular weight is 452 g/mol. The van der Waals surface area contributed by atoms with Crippen molar-refractivity contribution >= 4 is 23.6 Å². The van der Waals surface area contributed by atoms with Crippen LogP contribution in [0.4, 0.5) is 4.39 Å². The predicted octanol–water partition coefficient (Wildman–Crippen LogP) is 3.74. The summed E-state index contributed by atoms with van der Waals surface area (Å²) in [6.07, 6.45) is 3.56. The van der Waals surface area contributed by atoms with E-state index in [2.05, 4.69) is 15.1 Å². The fraction of sp³-hybridized carbons (Fsp3) is 0.304. The molecule has 0 radical (unpaired) electrons. The molecule has 9 heteroatoms. The van der Waals surface area contributed by atoms with E-state index in [-0.39, 0.29) is 23.5 Å². The maximum absolute atomic E-state index is 13.5. The molecule has 0 aliphatic carbocycles. The lowest BCUT2D eigenvalue weighted by atomic mass is 10.1. The highest BCUT2D eigenvalue weighted by atomic mass is 32.2. The van der Waals surface area contributed by atoms with Crippen LogP contribution in [0.1, 0.15) is 45.8 Å². The number of rotatable bonds is 6. The standard InChI is InChI=1S/C23H22FN5O2S/c24-16-8-10-17(11-9-16)29-20(14-27-12-4-1-5-13-27)25-26-23(29)32-15-28-21(30)18-6-2-3-7-19(18)22(28)31/h2-3,6-11H,1,4-5,12-15H2. The first-order valence-corrected chi connectivity index (χ1v) is 11.6. The van der Waals surface area contributed by atoms with Crippen molar-refractivity contribution in [2.45, 2.75) is 31.0 Å². The number of benzene rings is 2. The van der Waals surface area contributed by atoms with Gasteiger partial charge in [0.15, 0.2) is 11.0 Å². The van der Waals surface area contributed by atoms with Crippen LogP contribution in [0.2, 0.25) is 0 Å². The summed E-state index contributed by atoms with van der Waals surface area (Å²) < 4.78 is 15.4. The van der Waals surface area contributed by atoms with E-state index < -0.39 is 0 Å². The highest BCUT2D eigenvalue weighted by Gasteiger charge is 2.35. The third kappa shape index (κ3) is 3.93. The quantitative estimate of drug-likeness (QED) is 0.420. The first kappa shape index (κ1) is 20.8. The molecule has 0 N–H and O–H groups in total. The Bertz CT molecular complexity index is 1120. The fourth-order valence-corrected chi connectivity index (χ4v) is 5.06. The van der Waals surface area contributed by atoms with Gasteiger partial charge < -0.3 is 0 Å². The van der Waals surface area contributed by atoms with Crippen LogP contribution in [0.25, 0.3) is 5.69 Å². The zero-order valence-electron chi connectivity index (χ0n) is 17.4. The fourth-order valence-electron chi connectivity index (χ4n) is 4.14. The molecule has 3 aromatic rings. The largest absolute Gasteiger partial charge is 0.296 e. The molecule has 2 aromatic carbocycles. The van der Waals surface area contributed by atoms with Gasteiger partial charge in [0.05, 0.1) is 23.5 Å². The number of fused-ring (bicyclic) bond motifs is 1. The van der Waals surface area contributed by atoms with E-state index in [4.69, 9.17) is 0 Å². The number of nitrogens with zero attached hydrogens (tertiary/aromatic N) is 5. The number of halogens is 1. The third-order valence-electron chi connectivity index (χ3n) is 5.80. The molecule has 0 atom stereocenters. The molecule has 0 spiro atoms. The third-order valence-corrected chi connectivity index (χ3v) is 6.71. The average Bonchev–Trinajstić information content (AvgIpc) is 3.32. The molecule has 2 amide bonds. The molecule has 1 saturated heterocycles. The Morgan fingerprint density at radius 1 is 0.875 bits per heavy atom. The summed E-state index contributed by atoms with van der Waals surface area (Å²) in [5.74, 6) is -0.0583. The number of piperidine rings is 1. The van der Waals surface area contributed by atoms with Crippen molar-refractivity contribution in [1.82, 2.24) is 24.6 Å². The van der Waals surface area contributed by atoms with Crippen molar-refractivity contribution in [2.75, 3.05) is 19.0 Å². The lowest BCUT2D eigenvalue weighted by Gasteiger charge is -2.26. The van der Waals surface area contributed by atoms with E-state index in [1.54, 1.807) is 36.4 Å². The van der Waals surface area contributed by atoms with Crippen LogP contribution >= 0.6 is 11.8 Å². The molecule has 2 aliphatic rings. The number of likely N-dealkylation sites (tertiary alicyclic amines) is 1. The van der Waals surface area contributed by atoms with Gasteiger partial charge in [-0.3, -0.25) is 24.0 Å². The van der Waals surface area contributed by atoms with Crippen LogP contribution in [-0.2, 0) is 6.54 Å². The van der Waals surface area contributed by atoms with Crippen molar-refractivity contribution in [2.24, 2.45) is 0 Å². The van der Waals surface area contributed by atoms with Crippen molar-refractivity contribution in [1.29, 1.82) is 0 Å². The number of thioether (sulfide) groups is 1. The van der Waals surface area contributed by atoms with Crippen LogP contribution in [0.15, 0.2) is 53.7 Å². The number of hydrogen-bond donors (Lipinski definition) is 0. The molecule has 7 nitrogen and oxygen atoms in total. The minimum atomic E-state index is -0.320. The summed E-state index contributed by atoms with van der Waals surface area (Å²) in [6.45, 7) is 2.65. The van der Waals surface area contributed by atoms with E-state index in [0.29, 0.717) is 22.8 Å². The Kier molecular flexibility index (Phi) is 5.75. The Hall–Kier alpha value is -3.04. The second-order valence-electron chi connectivity index (χ2n) is 7.90. The van der Waals surface area contributed by atoms with Gasteiger partial charge in [0.2, 0.25) is 0 Å². The number of carbonyl (C=O) groups excluding carboxylic acids is 2. The summed E-state index contributed by atoms with van der Waals surface area (Å²) in [5.41, 5.74) is 1.58. The van der Waals surface area contributed by atoms with Crippen LogP contribution < -0.4 is 0 Å². The van der Waals surface area contributed by atoms with Crippen LogP contribution in [-0.4, -0.2) is 55.3 Å². The van der Waals surface area contributed by atoms with Crippen molar-refractivity contribution in [3.63, 3.8) is 0 Å². The van der Waals surface area contributed by atoms with E-state index in [1.807, 2.05) is 4.57 Å². The van der Waals surface area contributed by atoms with Gasteiger partial charge in [0, 0.05) is 5.69 Å². The van der Waals surface area contributed by atoms with Gasteiger partial charge in [-0.2, -0.15) is 0 Å². The maximum Gasteiger partial charge on any atom is 0.262 e. The molecule has 0 bridgehead atoms. The van der Waals surface area contributed by atoms with Gasteiger partial charge in [0.25, 0.3) is 11.8 Å². The first-order valence-electron chi connectivity index (χ1n) is 10.6. The molecule has 5 rings (SSSR count). The Morgan fingerprint density at radius 2 is 1.53 bits per heavy atom. The van der Waals surface area contributed by atoms with Crippen LogP contribution in [0.5, 0.6) is 0 Å². The molecule has 1 aromatic heterocycles. The summed E-state index contributed by atoms with van der Waals surface area (Å²) in [7, 11) is 0. The number of amides is 2. The predicted molar refractivity (Wildman–Crippen MR) is 118 cm³/mol. The highest BCUT2D eigenvalue weighted by Crippen LogP contribution is 2.28. The molecule has 2 aliphatic heterocycles. The second kappa shape index (κ2) is 8.84. The second-order valence-corrected chi connectivity index (χ2v) is 8.82. The highest BCUT2D eigenvalue weighted by molar-refractivity contribution is 7.99. The van der Waals surface area contributed by atoms with E-state index >= 15 is 0 Å². The number of carbonyl (C=O) groups is 2. The van der Waals surface area contributed by atoms with E-state index in [9.17, 15) is 14.0 Å². The molecule has 32 heavy (non-hydrogen) atoms. The van der Waals surface area contributed by atoms with Crippen LogP contribution in [0.3, 0.4) is 0 Å². The first-order chi connectivity index (χ1) is 15.6. The van der Waals surface area contributed by atoms with Gasteiger partial charge in [-0.25, -0.2) is 4.39 Å². The molecular weight excluding hydrogens is 429 g/mol. The Labute approximate surface area is 189 Å². The van der Waals surface area contributed by atoms with Crippen molar-refractivity contribution in [3.05, 3.63) is 71.3 Å². The minimum Gasteiger partial charge on any atom is -0.296 e. The summed E-state index contributed by atoms with van der Waals surface area (Å²) >= 11 is 1.27. The smallest absolute Gasteiger partial charge is 0.262 e. The molecule has 1 fully saturated rings. The molecular formula is C23H22FN5O2S. The van der Waals surface area contributed by atoms with Gasteiger partial charge in [-0.15, -0.1) is 10.2 Å². The molecule has 0 unspecified atom stereocenters. The number of aromatic nitrogens is 3. The zero-order valence-corrected chi connectivity index (χ0v) is 18.2.